The summed E-state index contributed by atoms with van der Waals surface area (Å²) in [6.07, 6.45) is 3.00. The van der Waals surface area contributed by atoms with Crippen LogP contribution in [0.5, 0.6) is 0 Å². The van der Waals surface area contributed by atoms with Crippen LogP contribution in [0, 0.1) is 0 Å². The van der Waals surface area contributed by atoms with Gasteiger partial charge in [0.05, 0.1) is 13.2 Å². The fraction of sp³-hybridized carbons (Fsp3) is 0.818. The second-order valence-electron chi connectivity index (χ2n) is 9.23. The summed E-state index contributed by atoms with van der Waals surface area (Å²) in [5.74, 6) is 2.19. The van der Waals surface area contributed by atoms with Gasteiger partial charge in [-0.1, -0.05) is 0 Å². The molecule has 168 valence electrons. The molecule has 0 aromatic carbocycles. The van der Waals surface area contributed by atoms with Gasteiger partial charge < -0.3 is 15.0 Å². The Balaban J connectivity index is 1.44. The van der Waals surface area contributed by atoms with Crippen LogP contribution in [0.25, 0.3) is 0 Å². The fourth-order valence-corrected chi connectivity index (χ4v) is 5.79. The van der Waals surface area contributed by atoms with Crippen LogP contribution >= 0.6 is 11.8 Å². The van der Waals surface area contributed by atoms with Crippen molar-refractivity contribution in [2.75, 3.05) is 57.4 Å². The number of ether oxygens (including phenoxy) is 1. The van der Waals surface area contributed by atoms with Crippen molar-refractivity contribution in [3.63, 3.8) is 0 Å². The van der Waals surface area contributed by atoms with Gasteiger partial charge in [0.15, 0.2) is 5.69 Å². The van der Waals surface area contributed by atoms with Gasteiger partial charge in [0.2, 0.25) is 0 Å². The van der Waals surface area contributed by atoms with E-state index in [-0.39, 0.29) is 11.4 Å². The molecule has 1 aromatic heterocycles. The first-order valence-corrected chi connectivity index (χ1v) is 12.7. The molecule has 7 nitrogen and oxygen atoms in total. The lowest BCUT2D eigenvalue weighted by molar-refractivity contribution is -0.0104. The van der Waals surface area contributed by atoms with Gasteiger partial charge in [-0.05, 0) is 40.0 Å². The minimum atomic E-state index is 0.0990. The first-order chi connectivity index (χ1) is 14.5. The summed E-state index contributed by atoms with van der Waals surface area (Å²) < 4.78 is 7.58. The summed E-state index contributed by atoms with van der Waals surface area (Å²) in [5.41, 5.74) is 3.27. The van der Waals surface area contributed by atoms with E-state index < -0.39 is 0 Å². The predicted octanol–water partition coefficient (Wildman–Crippen LogP) is 1.65. The normalized spacial score (nSPS) is 23.4. The van der Waals surface area contributed by atoms with E-state index in [2.05, 4.69) is 35.7 Å². The molecule has 8 heteroatoms. The van der Waals surface area contributed by atoms with E-state index in [1.165, 1.54) is 11.3 Å². The Bertz CT molecular complexity index is 738. The first-order valence-electron chi connectivity index (χ1n) is 11.5. The number of carbonyl (C=O) groups is 1. The third-order valence-electron chi connectivity index (χ3n) is 6.84. The molecular formula is C22H37N5O2S. The second-order valence-corrected chi connectivity index (χ2v) is 10.5. The lowest BCUT2D eigenvalue weighted by Gasteiger charge is -2.42. The molecule has 2 aliphatic heterocycles. The van der Waals surface area contributed by atoms with Crippen molar-refractivity contribution in [1.82, 2.24) is 24.9 Å². The first kappa shape index (κ1) is 22.1. The Kier molecular flexibility index (Phi) is 7.07. The summed E-state index contributed by atoms with van der Waals surface area (Å²) in [7, 11) is 0. The number of fused-ring (bicyclic) bond motifs is 1. The number of rotatable bonds is 6. The van der Waals surface area contributed by atoms with Crippen LogP contribution in [0.4, 0.5) is 0 Å². The molecule has 2 saturated heterocycles. The number of carbonyl (C=O) groups excluding carboxylic acids is 1. The Morgan fingerprint density at radius 1 is 1.23 bits per heavy atom. The van der Waals surface area contributed by atoms with Gasteiger partial charge in [-0.2, -0.15) is 16.9 Å². The van der Waals surface area contributed by atoms with Crippen LogP contribution in [0.2, 0.25) is 0 Å². The van der Waals surface area contributed by atoms with Crippen molar-refractivity contribution in [2.45, 2.75) is 58.2 Å². The summed E-state index contributed by atoms with van der Waals surface area (Å²) >= 11 is 1.93. The number of amides is 1. The molecular weight excluding hydrogens is 398 g/mol. The summed E-state index contributed by atoms with van der Waals surface area (Å²) in [5, 5.41) is 8.60. The van der Waals surface area contributed by atoms with Crippen LogP contribution in [0.3, 0.4) is 0 Å². The van der Waals surface area contributed by atoms with Crippen LogP contribution in [-0.2, 0) is 24.1 Å². The Hall–Kier alpha value is -1.09. The van der Waals surface area contributed by atoms with Crippen LogP contribution in [0.1, 0.15) is 48.9 Å². The average molecular weight is 436 g/mol. The lowest BCUT2D eigenvalue weighted by Crippen LogP contribution is -2.56. The quantitative estimate of drug-likeness (QED) is 0.733. The van der Waals surface area contributed by atoms with Crippen molar-refractivity contribution >= 4 is 17.7 Å². The van der Waals surface area contributed by atoms with Crippen molar-refractivity contribution in [3.05, 3.63) is 17.0 Å². The lowest BCUT2D eigenvalue weighted by atomic mass is 9.90. The van der Waals surface area contributed by atoms with E-state index in [4.69, 9.17) is 9.84 Å². The highest BCUT2D eigenvalue weighted by Crippen LogP contribution is 2.27. The van der Waals surface area contributed by atoms with Gasteiger partial charge in [0.1, 0.15) is 0 Å². The van der Waals surface area contributed by atoms with Crippen molar-refractivity contribution in [2.24, 2.45) is 0 Å². The minimum absolute atomic E-state index is 0.0990. The highest BCUT2D eigenvalue weighted by molar-refractivity contribution is 7.99. The number of hydrogen-bond donors (Lipinski definition) is 1. The van der Waals surface area contributed by atoms with Crippen LogP contribution in [0.15, 0.2) is 0 Å². The largest absolute Gasteiger partial charge is 0.379 e. The highest BCUT2D eigenvalue weighted by Gasteiger charge is 2.33. The van der Waals surface area contributed by atoms with Crippen molar-refractivity contribution < 1.29 is 9.53 Å². The molecule has 0 radical (unpaired) electrons. The van der Waals surface area contributed by atoms with Crippen molar-refractivity contribution in [1.29, 1.82) is 0 Å². The summed E-state index contributed by atoms with van der Waals surface area (Å²) in [4.78, 5) is 17.8. The van der Waals surface area contributed by atoms with E-state index in [9.17, 15) is 4.79 Å². The molecule has 1 atom stereocenters. The molecule has 4 rings (SSSR count). The zero-order valence-electron chi connectivity index (χ0n) is 18.8. The van der Waals surface area contributed by atoms with E-state index in [0.717, 1.165) is 83.3 Å². The topological polar surface area (TPSA) is 62.6 Å². The summed E-state index contributed by atoms with van der Waals surface area (Å²) in [6, 6.07) is 0.399. The number of aryl methyl sites for hydroxylation is 1. The monoisotopic (exact) mass is 435 g/mol. The average Bonchev–Trinajstić information content (AvgIpc) is 3.16. The maximum atomic E-state index is 13.2. The summed E-state index contributed by atoms with van der Waals surface area (Å²) in [6.45, 7) is 13.9. The Morgan fingerprint density at radius 3 is 2.67 bits per heavy atom. The molecule has 30 heavy (non-hydrogen) atoms. The van der Waals surface area contributed by atoms with Crippen molar-refractivity contribution in [3.8, 4) is 0 Å². The molecule has 1 aromatic rings. The maximum absolute atomic E-state index is 13.2. The van der Waals surface area contributed by atoms with E-state index in [0.29, 0.717) is 11.7 Å². The standard InChI is InChI=1S/C22H37N5O2S/c1-4-27-19-6-5-17(23-16-22(2,3)26-7-11-29-12-8-26)15-18(19)20(24-27)21(28)25-9-13-30-14-10-25/h17,23H,4-16H2,1-3H3/t17-/m1/s1. The number of morpholine rings is 1. The van der Waals surface area contributed by atoms with Gasteiger partial charge in [0.25, 0.3) is 5.91 Å². The highest BCUT2D eigenvalue weighted by atomic mass is 32.2. The number of nitrogens with one attached hydrogen (secondary N) is 1. The van der Waals surface area contributed by atoms with Crippen LogP contribution in [-0.4, -0.2) is 94.5 Å². The maximum Gasteiger partial charge on any atom is 0.274 e. The molecule has 1 N–H and O–H groups in total. The van der Waals surface area contributed by atoms with Crippen LogP contribution < -0.4 is 5.32 Å². The number of hydrogen-bond acceptors (Lipinski definition) is 6. The third kappa shape index (κ3) is 4.71. The molecule has 2 fully saturated rings. The molecule has 1 amide bonds. The van der Waals surface area contributed by atoms with Gasteiger partial charge >= 0.3 is 0 Å². The fourth-order valence-electron chi connectivity index (χ4n) is 4.89. The minimum Gasteiger partial charge on any atom is -0.379 e. The molecule has 0 unspecified atom stereocenters. The van der Waals surface area contributed by atoms with E-state index >= 15 is 0 Å². The van der Waals surface area contributed by atoms with Gasteiger partial charge in [-0.15, -0.1) is 0 Å². The zero-order valence-corrected chi connectivity index (χ0v) is 19.6. The zero-order chi connectivity index (χ0) is 21.1. The molecule has 1 aliphatic carbocycles. The molecule has 0 bridgehead atoms. The molecule has 0 saturated carbocycles. The van der Waals surface area contributed by atoms with E-state index in [1.807, 2.05) is 16.7 Å². The third-order valence-corrected chi connectivity index (χ3v) is 7.78. The van der Waals surface area contributed by atoms with Gasteiger partial charge in [-0.3, -0.25) is 14.4 Å². The predicted molar refractivity (Wildman–Crippen MR) is 121 cm³/mol. The Labute approximate surface area is 184 Å². The van der Waals surface area contributed by atoms with E-state index in [1.54, 1.807) is 0 Å². The van der Waals surface area contributed by atoms with Gasteiger partial charge in [0, 0.05) is 73.6 Å². The Morgan fingerprint density at radius 2 is 1.97 bits per heavy atom. The molecule has 3 heterocycles. The SMILES string of the molecule is CCn1nc(C(=O)N2CCSCC2)c2c1CC[C@@H](NCC(C)(C)N1CCOCC1)C2. The molecule has 0 spiro atoms. The molecule has 3 aliphatic rings. The number of aromatic nitrogens is 2. The number of thioether (sulfide) groups is 1. The van der Waals surface area contributed by atoms with Gasteiger partial charge in [-0.25, -0.2) is 0 Å². The second kappa shape index (κ2) is 9.59. The smallest absolute Gasteiger partial charge is 0.274 e. The number of nitrogens with zero attached hydrogens (tertiary/aromatic N) is 4.